The van der Waals surface area contributed by atoms with Crippen molar-refractivity contribution >= 4 is 16.7 Å². The van der Waals surface area contributed by atoms with Crippen molar-refractivity contribution in [2.24, 2.45) is 17.8 Å². The van der Waals surface area contributed by atoms with Gasteiger partial charge in [-0.2, -0.15) is 0 Å². The number of hydrogen-bond acceptors (Lipinski definition) is 3. The molecule has 39 heavy (non-hydrogen) atoms. The van der Waals surface area contributed by atoms with Gasteiger partial charge in [-0.05, 0) is 126 Å². The van der Waals surface area contributed by atoms with Crippen LogP contribution in [0.1, 0.15) is 60.0 Å². The van der Waals surface area contributed by atoms with E-state index >= 15 is 0 Å². The Morgan fingerprint density at radius 3 is 2.13 bits per heavy atom. The minimum absolute atomic E-state index is 0.0525. The quantitative estimate of drug-likeness (QED) is 0.269. The van der Waals surface area contributed by atoms with Gasteiger partial charge in [0.25, 0.3) is 0 Å². The largest absolute Gasteiger partial charge is 0.507 e. The minimum atomic E-state index is -0.976. The Morgan fingerprint density at radius 1 is 0.872 bits per heavy atom. The second-order valence-electron chi connectivity index (χ2n) is 12.0. The highest BCUT2D eigenvalue weighted by molar-refractivity contribution is 6.01. The monoisotopic (exact) mass is 522 g/mol. The van der Waals surface area contributed by atoms with Crippen LogP contribution in [-0.4, -0.2) is 16.2 Å². The summed E-state index contributed by atoms with van der Waals surface area (Å²) in [4.78, 5) is 11.4. The highest BCUT2D eigenvalue weighted by atomic mass is 19.1. The van der Waals surface area contributed by atoms with E-state index < -0.39 is 5.97 Å². The topological polar surface area (TPSA) is 66.8 Å². The summed E-state index contributed by atoms with van der Waals surface area (Å²) in [5.74, 6) is 2.06. The van der Waals surface area contributed by atoms with E-state index in [0.29, 0.717) is 12.2 Å². The highest BCUT2D eigenvalue weighted by Gasteiger charge is 2.52. The Morgan fingerprint density at radius 2 is 1.51 bits per heavy atom. The van der Waals surface area contributed by atoms with E-state index in [0.717, 1.165) is 45.4 Å². The van der Waals surface area contributed by atoms with E-state index in [-0.39, 0.29) is 22.5 Å². The molecule has 4 bridgehead atoms. The lowest BCUT2D eigenvalue weighted by Crippen LogP contribution is -2.48. The van der Waals surface area contributed by atoms with Crippen LogP contribution in [0.4, 0.5) is 4.39 Å². The van der Waals surface area contributed by atoms with Crippen LogP contribution in [0, 0.1) is 23.6 Å². The molecule has 198 valence electrons. The summed E-state index contributed by atoms with van der Waals surface area (Å²) in [5, 5.41) is 22.3. The summed E-state index contributed by atoms with van der Waals surface area (Å²) >= 11 is 0. The molecule has 0 atom stereocenters. The smallest absolute Gasteiger partial charge is 0.335 e. The van der Waals surface area contributed by atoms with Crippen molar-refractivity contribution in [3.8, 4) is 22.6 Å². The van der Waals surface area contributed by atoms with Gasteiger partial charge < -0.3 is 14.9 Å². The maximum absolute atomic E-state index is 13.5. The fourth-order valence-electron chi connectivity index (χ4n) is 8.14. The maximum atomic E-state index is 13.5. The van der Waals surface area contributed by atoms with Crippen molar-refractivity contribution in [3.63, 3.8) is 0 Å². The average molecular weight is 523 g/mol. The number of phenolic OH excluding ortho intramolecular Hbond substituents is 1. The molecular formula is C34H31FO4. The zero-order valence-corrected chi connectivity index (χ0v) is 21.7. The number of rotatable bonds is 6. The molecule has 0 aliphatic heterocycles. The van der Waals surface area contributed by atoms with E-state index in [1.807, 2.05) is 6.07 Å². The van der Waals surface area contributed by atoms with E-state index in [4.69, 9.17) is 4.74 Å². The molecule has 0 saturated heterocycles. The summed E-state index contributed by atoms with van der Waals surface area (Å²) in [6.45, 7) is 0.354. The fraction of sp³-hybridized carbons (Fsp3) is 0.324. The molecule has 4 aliphatic carbocycles. The predicted molar refractivity (Wildman–Crippen MR) is 149 cm³/mol. The van der Waals surface area contributed by atoms with Crippen LogP contribution >= 0.6 is 0 Å². The summed E-state index contributed by atoms with van der Waals surface area (Å²) in [5.41, 5.74) is 3.88. The van der Waals surface area contributed by atoms with Gasteiger partial charge in [0.2, 0.25) is 0 Å². The number of aromatic hydroxyl groups is 1. The Bertz CT molecular complexity index is 1540. The third-order valence-electron chi connectivity index (χ3n) is 9.44. The number of benzene rings is 4. The molecule has 8 rings (SSSR count). The molecule has 0 spiro atoms. The molecule has 4 aromatic carbocycles. The summed E-state index contributed by atoms with van der Waals surface area (Å²) in [7, 11) is 0. The van der Waals surface area contributed by atoms with Crippen LogP contribution in [0.3, 0.4) is 0 Å². The normalized spacial score (nSPS) is 25.2. The van der Waals surface area contributed by atoms with Gasteiger partial charge in [-0.1, -0.05) is 30.3 Å². The van der Waals surface area contributed by atoms with Crippen LogP contribution in [-0.2, 0) is 12.0 Å². The summed E-state index contributed by atoms with van der Waals surface area (Å²) in [6, 6.07) is 21.1. The van der Waals surface area contributed by atoms with Gasteiger partial charge in [-0.25, -0.2) is 9.18 Å². The first-order valence-corrected chi connectivity index (χ1v) is 13.9. The Labute approximate surface area is 227 Å². The maximum Gasteiger partial charge on any atom is 0.335 e. The summed E-state index contributed by atoms with van der Waals surface area (Å²) < 4.78 is 20.0. The summed E-state index contributed by atoms with van der Waals surface area (Å²) in [6.07, 6.45) is 7.50. The van der Waals surface area contributed by atoms with Crippen molar-refractivity contribution in [3.05, 3.63) is 95.3 Å². The van der Waals surface area contributed by atoms with Crippen molar-refractivity contribution in [1.82, 2.24) is 0 Å². The molecule has 4 aromatic rings. The van der Waals surface area contributed by atoms with E-state index in [2.05, 4.69) is 12.1 Å². The molecule has 0 aromatic heterocycles. The number of carboxylic acid groups (broad SMARTS) is 1. The second-order valence-corrected chi connectivity index (χ2v) is 12.0. The lowest BCUT2D eigenvalue weighted by atomic mass is 9.48. The molecule has 4 saturated carbocycles. The number of hydrogen-bond donors (Lipinski definition) is 2. The number of fused-ring (bicyclic) bond motifs is 1. The number of carboxylic acids is 1. The lowest BCUT2D eigenvalue weighted by Gasteiger charge is -2.57. The molecule has 0 radical (unpaired) electrons. The van der Waals surface area contributed by atoms with Crippen LogP contribution in [0.5, 0.6) is 11.5 Å². The van der Waals surface area contributed by atoms with Gasteiger partial charge in [0.1, 0.15) is 23.9 Å². The molecule has 4 fully saturated rings. The number of aromatic carboxylic acids is 1. The third kappa shape index (κ3) is 4.25. The first-order chi connectivity index (χ1) is 18.9. The first-order valence-electron chi connectivity index (χ1n) is 13.9. The minimum Gasteiger partial charge on any atom is -0.507 e. The van der Waals surface area contributed by atoms with Crippen LogP contribution in [0.15, 0.2) is 72.8 Å². The number of phenols is 1. The number of halogens is 1. The number of ether oxygens (including phenoxy) is 1. The number of carbonyl (C=O) groups is 1. The molecule has 0 unspecified atom stereocenters. The lowest BCUT2D eigenvalue weighted by molar-refractivity contribution is -0.00640. The van der Waals surface area contributed by atoms with Crippen molar-refractivity contribution in [2.45, 2.75) is 50.5 Å². The average Bonchev–Trinajstić information content (AvgIpc) is 2.91. The van der Waals surface area contributed by atoms with Crippen LogP contribution in [0.2, 0.25) is 0 Å². The van der Waals surface area contributed by atoms with Crippen LogP contribution in [0.25, 0.3) is 21.9 Å². The van der Waals surface area contributed by atoms with Crippen molar-refractivity contribution in [2.75, 3.05) is 0 Å². The molecular weight excluding hydrogens is 491 g/mol. The molecule has 5 heteroatoms. The fourth-order valence-corrected chi connectivity index (χ4v) is 8.14. The molecule has 0 amide bonds. The zero-order valence-electron chi connectivity index (χ0n) is 21.7. The van der Waals surface area contributed by atoms with Gasteiger partial charge in [0.15, 0.2) is 0 Å². The van der Waals surface area contributed by atoms with E-state index in [1.165, 1.54) is 56.2 Å². The van der Waals surface area contributed by atoms with Gasteiger partial charge in [-0.3, -0.25) is 0 Å². The van der Waals surface area contributed by atoms with Crippen molar-refractivity contribution < 1.29 is 24.1 Å². The van der Waals surface area contributed by atoms with Gasteiger partial charge in [0.05, 0.1) is 5.56 Å². The molecule has 4 nitrogen and oxygen atoms in total. The highest BCUT2D eigenvalue weighted by Crippen LogP contribution is 2.62. The van der Waals surface area contributed by atoms with Gasteiger partial charge >= 0.3 is 5.97 Å². The Hall–Kier alpha value is -3.86. The first kappa shape index (κ1) is 24.2. The third-order valence-corrected chi connectivity index (χ3v) is 9.44. The van der Waals surface area contributed by atoms with Crippen LogP contribution < -0.4 is 4.74 Å². The van der Waals surface area contributed by atoms with Gasteiger partial charge in [-0.15, -0.1) is 0 Å². The SMILES string of the molecule is O=C(O)c1ccc(-c2c(O)ccc3cc(OCc4ccc(F)cc4)c(C45CC6CC(CC(C6)C4)C5)cc23)cc1. The second kappa shape index (κ2) is 9.11. The molecule has 4 aliphatic rings. The molecule has 0 heterocycles. The zero-order chi connectivity index (χ0) is 26.7. The Balaban J connectivity index is 1.37. The van der Waals surface area contributed by atoms with Gasteiger partial charge in [0, 0.05) is 11.1 Å². The predicted octanol–water partition coefficient (Wildman–Crippen LogP) is 8.10. The van der Waals surface area contributed by atoms with E-state index in [1.54, 1.807) is 42.5 Å². The standard InChI is InChI=1S/C34H31FO4/c35-27-8-1-20(2-9-27)19-39-31-14-26-7-10-30(36)32(24-3-5-25(6-4-24)33(37)38)28(26)15-29(31)34-16-21-11-22(17-34)13-23(12-21)18-34/h1-10,14-15,21-23,36H,11-13,16-19H2,(H,37,38). The van der Waals surface area contributed by atoms with E-state index in [9.17, 15) is 19.4 Å². The Kier molecular flexibility index (Phi) is 5.66. The van der Waals surface area contributed by atoms with Crippen molar-refractivity contribution in [1.29, 1.82) is 0 Å². The molecule has 2 N–H and O–H groups in total.